The maximum atomic E-state index is 6.00. The predicted molar refractivity (Wildman–Crippen MR) is 83.5 cm³/mol. The average molecular weight is 267 g/mol. The predicted octanol–water partition coefficient (Wildman–Crippen LogP) is 4.53. The van der Waals surface area contributed by atoms with Crippen LogP contribution < -0.4 is 5.73 Å². The van der Waals surface area contributed by atoms with Crippen LogP contribution in [0.25, 0.3) is 0 Å². The zero-order valence-corrected chi connectivity index (χ0v) is 14.1. The van der Waals surface area contributed by atoms with Crippen LogP contribution in [0.15, 0.2) is 18.5 Å². The van der Waals surface area contributed by atoms with Crippen molar-refractivity contribution in [2.75, 3.05) is 0 Å². The van der Waals surface area contributed by atoms with E-state index in [1.165, 1.54) is 5.56 Å². The van der Waals surface area contributed by atoms with E-state index in [4.69, 9.17) is 5.73 Å². The lowest BCUT2D eigenvalue weighted by Gasteiger charge is -2.44. The van der Waals surface area contributed by atoms with Crippen LogP contribution in [0.1, 0.15) is 60.1 Å². The number of hydrogen-bond acceptors (Lipinski definition) is 1. The van der Waals surface area contributed by atoms with Gasteiger partial charge in [-0.3, -0.25) is 0 Å². The summed E-state index contributed by atoms with van der Waals surface area (Å²) in [7, 11) is -1.57. The topological polar surface area (TPSA) is 30.9 Å². The van der Waals surface area contributed by atoms with Crippen LogP contribution in [0.5, 0.6) is 0 Å². The first kappa shape index (κ1) is 15.5. The molecule has 1 atom stereocenters. The van der Waals surface area contributed by atoms with Crippen molar-refractivity contribution in [2.24, 2.45) is 5.73 Å². The van der Waals surface area contributed by atoms with Crippen molar-refractivity contribution in [3.63, 3.8) is 0 Å². The van der Waals surface area contributed by atoms with Gasteiger partial charge in [-0.2, -0.15) is 0 Å². The molecule has 1 unspecified atom stereocenters. The highest BCUT2D eigenvalue weighted by Gasteiger charge is 2.44. The van der Waals surface area contributed by atoms with Crippen molar-refractivity contribution >= 4 is 8.24 Å². The Hall–Kier alpha value is -0.543. The minimum atomic E-state index is -1.57. The lowest BCUT2D eigenvalue weighted by Crippen LogP contribution is -2.51. The van der Waals surface area contributed by atoms with E-state index in [1.807, 2.05) is 0 Å². The van der Waals surface area contributed by atoms with Crippen molar-refractivity contribution in [3.05, 3.63) is 24.0 Å². The minimum absolute atomic E-state index is 0.129. The summed E-state index contributed by atoms with van der Waals surface area (Å²) < 4.78 is 2.55. The van der Waals surface area contributed by atoms with Crippen LogP contribution in [0.2, 0.25) is 16.6 Å². The van der Waals surface area contributed by atoms with Gasteiger partial charge in [0.05, 0.1) is 0 Å². The van der Waals surface area contributed by atoms with Gasteiger partial charge in [0.2, 0.25) is 0 Å². The fraction of sp³-hybridized carbons (Fsp3) is 0.733. The molecule has 0 saturated carbocycles. The number of nitrogens with zero attached hydrogens (tertiary/aromatic N) is 1. The molecule has 0 amide bonds. The van der Waals surface area contributed by atoms with Gasteiger partial charge in [0, 0.05) is 6.04 Å². The van der Waals surface area contributed by atoms with E-state index < -0.39 is 8.24 Å². The molecule has 104 valence electrons. The van der Waals surface area contributed by atoms with Gasteiger partial charge in [-0.1, -0.05) is 41.5 Å². The van der Waals surface area contributed by atoms with E-state index >= 15 is 0 Å². The third kappa shape index (κ3) is 2.43. The Labute approximate surface area is 114 Å². The van der Waals surface area contributed by atoms with Crippen LogP contribution in [0.3, 0.4) is 0 Å². The first-order valence-corrected chi connectivity index (χ1v) is 9.36. The molecule has 0 aliphatic heterocycles. The van der Waals surface area contributed by atoms with Gasteiger partial charge >= 0.3 is 0 Å². The minimum Gasteiger partial charge on any atom is -0.379 e. The van der Waals surface area contributed by atoms with Crippen molar-refractivity contribution in [1.82, 2.24) is 4.23 Å². The molecular formula is C15H30N2Si. The Morgan fingerprint density at radius 1 is 0.944 bits per heavy atom. The van der Waals surface area contributed by atoms with E-state index in [-0.39, 0.29) is 6.04 Å². The van der Waals surface area contributed by atoms with Gasteiger partial charge in [0.1, 0.15) is 0 Å². The van der Waals surface area contributed by atoms with Gasteiger partial charge in [0.25, 0.3) is 0 Å². The fourth-order valence-corrected chi connectivity index (χ4v) is 10.3. The molecule has 2 nitrogen and oxygen atoms in total. The molecule has 2 N–H and O–H groups in total. The number of hydrogen-bond donors (Lipinski definition) is 1. The molecule has 0 bridgehead atoms. The second-order valence-electron chi connectivity index (χ2n) is 6.49. The highest BCUT2D eigenvalue weighted by molar-refractivity contribution is 6.82. The average Bonchev–Trinajstić information content (AvgIpc) is 2.66. The monoisotopic (exact) mass is 266 g/mol. The quantitative estimate of drug-likeness (QED) is 0.780. The molecule has 1 rings (SSSR count). The Bertz CT molecular complexity index is 356. The summed E-state index contributed by atoms with van der Waals surface area (Å²) in [5.41, 5.74) is 9.44. The number of rotatable bonds is 5. The molecule has 0 saturated heterocycles. The second kappa shape index (κ2) is 5.62. The Morgan fingerprint density at radius 3 is 1.67 bits per heavy atom. The third-order valence-corrected chi connectivity index (χ3v) is 11.2. The van der Waals surface area contributed by atoms with Crippen molar-refractivity contribution in [2.45, 2.75) is 71.1 Å². The first-order valence-electron chi connectivity index (χ1n) is 7.18. The molecule has 0 aromatic carbocycles. The maximum absolute atomic E-state index is 6.00. The summed E-state index contributed by atoms with van der Waals surface area (Å²) in [5.74, 6) is 0. The van der Waals surface area contributed by atoms with Crippen molar-refractivity contribution < 1.29 is 0 Å². The van der Waals surface area contributed by atoms with Gasteiger partial charge in [-0.25, -0.2) is 0 Å². The fourth-order valence-electron chi connectivity index (χ4n) is 3.82. The Morgan fingerprint density at radius 2 is 1.39 bits per heavy atom. The normalized spacial score (nSPS) is 14.8. The molecule has 0 spiro atoms. The van der Waals surface area contributed by atoms with Crippen molar-refractivity contribution in [3.8, 4) is 0 Å². The van der Waals surface area contributed by atoms with Gasteiger partial charge in [-0.05, 0) is 47.6 Å². The number of nitrogens with two attached hydrogens (primary N) is 1. The molecule has 3 heteroatoms. The van der Waals surface area contributed by atoms with Crippen LogP contribution in [0.4, 0.5) is 0 Å². The summed E-state index contributed by atoms with van der Waals surface area (Å²) in [4.78, 5) is 0. The second-order valence-corrected chi connectivity index (χ2v) is 12.2. The van der Waals surface area contributed by atoms with Gasteiger partial charge < -0.3 is 9.97 Å². The number of aromatic nitrogens is 1. The standard InChI is InChI=1S/C15H30N2Si/c1-11(2)18(12(3)4,13(5)6)17-9-8-15(10-17)14(7)16/h8-14H,16H2,1-7H3. The molecule has 1 aromatic rings. The summed E-state index contributed by atoms with van der Waals surface area (Å²) in [5, 5.41) is 0. The van der Waals surface area contributed by atoms with E-state index in [1.54, 1.807) is 0 Å². The van der Waals surface area contributed by atoms with Gasteiger partial charge in [-0.15, -0.1) is 0 Å². The first-order chi connectivity index (χ1) is 8.24. The lowest BCUT2D eigenvalue weighted by molar-refractivity contribution is 0.760. The van der Waals surface area contributed by atoms with E-state index in [2.05, 4.69) is 71.2 Å². The zero-order valence-electron chi connectivity index (χ0n) is 13.1. The van der Waals surface area contributed by atoms with E-state index in [9.17, 15) is 0 Å². The van der Waals surface area contributed by atoms with Crippen LogP contribution in [-0.2, 0) is 0 Å². The summed E-state index contributed by atoms with van der Waals surface area (Å²) in [6.45, 7) is 16.4. The van der Waals surface area contributed by atoms with Gasteiger partial charge in [0.15, 0.2) is 8.24 Å². The van der Waals surface area contributed by atoms with E-state index in [0.717, 1.165) is 16.6 Å². The van der Waals surface area contributed by atoms with Crippen LogP contribution in [-0.4, -0.2) is 12.5 Å². The summed E-state index contributed by atoms with van der Waals surface area (Å²) in [6.07, 6.45) is 4.57. The molecule has 1 aromatic heterocycles. The SMILES string of the molecule is CC(N)c1ccn([Si](C(C)C)(C(C)C)C(C)C)c1. The zero-order chi connectivity index (χ0) is 14.1. The van der Waals surface area contributed by atoms with Crippen LogP contribution in [0, 0.1) is 0 Å². The van der Waals surface area contributed by atoms with E-state index in [0.29, 0.717) is 0 Å². The molecule has 0 aliphatic rings. The molecule has 18 heavy (non-hydrogen) atoms. The largest absolute Gasteiger partial charge is 0.379 e. The molecular weight excluding hydrogens is 236 g/mol. The summed E-state index contributed by atoms with van der Waals surface area (Å²) in [6, 6.07) is 2.32. The molecule has 0 fully saturated rings. The van der Waals surface area contributed by atoms with Crippen LogP contribution >= 0.6 is 0 Å². The smallest absolute Gasteiger partial charge is 0.168 e. The maximum Gasteiger partial charge on any atom is 0.168 e. The Balaban J connectivity index is 3.33. The molecule has 0 aliphatic carbocycles. The summed E-state index contributed by atoms with van der Waals surface area (Å²) >= 11 is 0. The highest BCUT2D eigenvalue weighted by atomic mass is 28.3. The third-order valence-electron chi connectivity index (χ3n) is 4.46. The van der Waals surface area contributed by atoms with Crippen molar-refractivity contribution in [1.29, 1.82) is 0 Å². The molecule has 1 heterocycles. The lowest BCUT2D eigenvalue weighted by atomic mass is 10.2. The Kier molecular flexibility index (Phi) is 4.84. The molecule has 0 radical (unpaired) electrons. The highest BCUT2D eigenvalue weighted by Crippen LogP contribution is 2.42.